The summed E-state index contributed by atoms with van der Waals surface area (Å²) in [6.07, 6.45) is -0.535. The monoisotopic (exact) mass is 281 g/mol. The number of aliphatic carboxylic acids is 1. The van der Waals surface area contributed by atoms with Gasteiger partial charge in [-0.05, 0) is 31.0 Å². The lowest BCUT2D eigenvalue weighted by Gasteiger charge is -2.16. The minimum absolute atomic E-state index is 0.143. The van der Waals surface area contributed by atoms with Crippen molar-refractivity contribution in [2.45, 2.75) is 31.9 Å². The third-order valence-electron chi connectivity index (χ3n) is 2.84. The van der Waals surface area contributed by atoms with Crippen LogP contribution in [0.3, 0.4) is 0 Å². The van der Waals surface area contributed by atoms with Gasteiger partial charge in [-0.15, -0.1) is 0 Å². The molecule has 0 fully saturated rings. The van der Waals surface area contributed by atoms with E-state index >= 15 is 0 Å². The standard InChI is InChI=1S/C14H19NO5/c1-9(16)13(14(18)19)15-12(17)7-6-10-4-3-5-11(8-10)20-2/h3-5,8-9,13,16H,6-7H2,1-2H3,(H,15,17)(H,18,19). The fourth-order valence-electron chi connectivity index (χ4n) is 1.72. The lowest BCUT2D eigenvalue weighted by atomic mass is 10.1. The third-order valence-corrected chi connectivity index (χ3v) is 2.84. The van der Waals surface area contributed by atoms with Crippen molar-refractivity contribution >= 4 is 11.9 Å². The Morgan fingerprint density at radius 1 is 1.40 bits per heavy atom. The molecule has 0 radical (unpaired) electrons. The van der Waals surface area contributed by atoms with E-state index < -0.39 is 24.0 Å². The van der Waals surface area contributed by atoms with Crippen LogP contribution in [0.4, 0.5) is 0 Å². The van der Waals surface area contributed by atoms with Gasteiger partial charge in [-0.1, -0.05) is 12.1 Å². The molecule has 0 spiro atoms. The highest BCUT2D eigenvalue weighted by molar-refractivity contribution is 5.84. The first-order valence-electron chi connectivity index (χ1n) is 6.27. The van der Waals surface area contributed by atoms with E-state index in [9.17, 15) is 14.7 Å². The number of methoxy groups -OCH3 is 1. The van der Waals surface area contributed by atoms with Crippen molar-refractivity contribution in [1.29, 1.82) is 0 Å². The van der Waals surface area contributed by atoms with Crippen LogP contribution in [-0.4, -0.2) is 41.3 Å². The number of nitrogens with one attached hydrogen (secondary N) is 1. The van der Waals surface area contributed by atoms with E-state index in [0.29, 0.717) is 12.2 Å². The zero-order valence-electron chi connectivity index (χ0n) is 11.5. The topological polar surface area (TPSA) is 95.9 Å². The van der Waals surface area contributed by atoms with Gasteiger partial charge in [0, 0.05) is 6.42 Å². The molecule has 20 heavy (non-hydrogen) atoms. The summed E-state index contributed by atoms with van der Waals surface area (Å²) in [6, 6.07) is 6.02. The van der Waals surface area contributed by atoms with Crippen molar-refractivity contribution in [3.05, 3.63) is 29.8 Å². The van der Waals surface area contributed by atoms with Gasteiger partial charge in [0.2, 0.25) is 5.91 Å². The molecule has 0 aliphatic heterocycles. The lowest BCUT2D eigenvalue weighted by Crippen LogP contribution is -2.47. The number of hydrogen-bond donors (Lipinski definition) is 3. The number of rotatable bonds is 7. The minimum Gasteiger partial charge on any atom is -0.497 e. The third kappa shape index (κ3) is 4.89. The second-order valence-electron chi connectivity index (χ2n) is 4.48. The van der Waals surface area contributed by atoms with Crippen molar-refractivity contribution in [2.75, 3.05) is 7.11 Å². The summed E-state index contributed by atoms with van der Waals surface area (Å²) in [6.45, 7) is 1.32. The number of aliphatic hydroxyl groups is 1. The van der Waals surface area contributed by atoms with E-state index in [0.717, 1.165) is 5.56 Å². The molecule has 110 valence electrons. The van der Waals surface area contributed by atoms with Crippen LogP contribution in [0.15, 0.2) is 24.3 Å². The molecule has 1 amide bonds. The predicted octanol–water partition coefficient (Wildman–Crippen LogP) is 0.578. The molecule has 1 aromatic rings. The van der Waals surface area contributed by atoms with Crippen molar-refractivity contribution in [2.24, 2.45) is 0 Å². The molecule has 6 nitrogen and oxygen atoms in total. The number of benzene rings is 1. The summed E-state index contributed by atoms with van der Waals surface area (Å²) in [5.74, 6) is -0.967. The molecule has 1 aromatic carbocycles. The van der Waals surface area contributed by atoms with Crippen LogP contribution in [0.25, 0.3) is 0 Å². The molecule has 0 bridgehead atoms. The summed E-state index contributed by atoms with van der Waals surface area (Å²) < 4.78 is 5.08. The highest BCUT2D eigenvalue weighted by Crippen LogP contribution is 2.13. The van der Waals surface area contributed by atoms with Crippen molar-refractivity contribution in [3.8, 4) is 5.75 Å². The second kappa shape index (κ2) is 7.49. The molecule has 1 rings (SSSR count). The Morgan fingerprint density at radius 3 is 2.65 bits per heavy atom. The van der Waals surface area contributed by atoms with Gasteiger partial charge in [0.05, 0.1) is 13.2 Å². The molecule has 0 saturated carbocycles. The molecule has 2 unspecified atom stereocenters. The predicted molar refractivity (Wildman–Crippen MR) is 72.6 cm³/mol. The van der Waals surface area contributed by atoms with Gasteiger partial charge in [-0.2, -0.15) is 0 Å². The number of aryl methyl sites for hydroxylation is 1. The van der Waals surface area contributed by atoms with E-state index in [2.05, 4.69) is 5.32 Å². The van der Waals surface area contributed by atoms with E-state index in [1.54, 1.807) is 13.2 Å². The Morgan fingerprint density at radius 2 is 2.10 bits per heavy atom. The van der Waals surface area contributed by atoms with Crippen LogP contribution < -0.4 is 10.1 Å². The Labute approximate surface area is 117 Å². The van der Waals surface area contributed by atoms with Crippen LogP contribution in [0.1, 0.15) is 18.9 Å². The SMILES string of the molecule is COc1cccc(CCC(=O)NC(C(=O)O)C(C)O)c1. The number of carbonyl (C=O) groups is 2. The molecule has 0 aromatic heterocycles. The van der Waals surface area contributed by atoms with Crippen LogP contribution in [0, 0.1) is 0 Å². The van der Waals surface area contributed by atoms with Gasteiger partial charge < -0.3 is 20.3 Å². The number of carboxylic acids is 1. The van der Waals surface area contributed by atoms with Gasteiger partial charge in [0.25, 0.3) is 0 Å². The highest BCUT2D eigenvalue weighted by atomic mass is 16.5. The maximum absolute atomic E-state index is 11.7. The molecule has 0 heterocycles. The van der Waals surface area contributed by atoms with E-state index in [1.807, 2.05) is 18.2 Å². The minimum atomic E-state index is -1.28. The number of hydrogen-bond acceptors (Lipinski definition) is 4. The van der Waals surface area contributed by atoms with Crippen LogP contribution in [0.2, 0.25) is 0 Å². The van der Waals surface area contributed by atoms with E-state index in [4.69, 9.17) is 9.84 Å². The zero-order valence-corrected chi connectivity index (χ0v) is 11.5. The fourth-order valence-corrected chi connectivity index (χ4v) is 1.72. The summed E-state index contributed by atoms with van der Waals surface area (Å²) in [7, 11) is 1.56. The second-order valence-corrected chi connectivity index (χ2v) is 4.48. The number of carbonyl (C=O) groups excluding carboxylic acids is 1. The summed E-state index contributed by atoms with van der Waals surface area (Å²) in [5.41, 5.74) is 0.920. The average Bonchev–Trinajstić information content (AvgIpc) is 2.42. The highest BCUT2D eigenvalue weighted by Gasteiger charge is 2.24. The first-order chi connectivity index (χ1) is 9.43. The Balaban J connectivity index is 2.52. The first-order valence-corrected chi connectivity index (χ1v) is 6.27. The molecule has 0 saturated heterocycles. The Hall–Kier alpha value is -2.08. The van der Waals surface area contributed by atoms with Crippen LogP contribution in [0.5, 0.6) is 5.75 Å². The number of aliphatic hydroxyl groups excluding tert-OH is 1. The zero-order chi connectivity index (χ0) is 15.1. The number of ether oxygens (including phenoxy) is 1. The number of amides is 1. The molecule has 6 heteroatoms. The summed E-state index contributed by atoms with van der Waals surface area (Å²) in [4.78, 5) is 22.5. The van der Waals surface area contributed by atoms with Gasteiger partial charge in [-0.3, -0.25) is 4.79 Å². The van der Waals surface area contributed by atoms with Crippen LogP contribution in [-0.2, 0) is 16.0 Å². The lowest BCUT2D eigenvalue weighted by molar-refractivity contribution is -0.144. The van der Waals surface area contributed by atoms with Gasteiger partial charge >= 0.3 is 5.97 Å². The Bertz CT molecular complexity index is 472. The summed E-state index contributed by atoms with van der Waals surface area (Å²) >= 11 is 0. The van der Waals surface area contributed by atoms with Crippen molar-refractivity contribution in [3.63, 3.8) is 0 Å². The normalized spacial score (nSPS) is 13.3. The van der Waals surface area contributed by atoms with Crippen molar-refractivity contribution in [1.82, 2.24) is 5.32 Å². The smallest absolute Gasteiger partial charge is 0.328 e. The first kappa shape index (κ1) is 16.0. The molecular weight excluding hydrogens is 262 g/mol. The van der Waals surface area contributed by atoms with Crippen LogP contribution >= 0.6 is 0 Å². The average molecular weight is 281 g/mol. The molecule has 3 N–H and O–H groups in total. The largest absolute Gasteiger partial charge is 0.497 e. The maximum Gasteiger partial charge on any atom is 0.328 e. The van der Waals surface area contributed by atoms with Gasteiger partial charge in [0.15, 0.2) is 6.04 Å². The van der Waals surface area contributed by atoms with E-state index in [1.165, 1.54) is 6.92 Å². The molecule has 2 atom stereocenters. The summed E-state index contributed by atoms with van der Waals surface area (Å²) in [5, 5.41) is 20.4. The van der Waals surface area contributed by atoms with Gasteiger partial charge in [0.1, 0.15) is 5.75 Å². The fraction of sp³-hybridized carbons (Fsp3) is 0.429. The quantitative estimate of drug-likeness (QED) is 0.679. The Kier molecular flexibility index (Phi) is 5.99. The molecule has 0 aliphatic rings. The molecular formula is C14H19NO5. The van der Waals surface area contributed by atoms with Crippen molar-refractivity contribution < 1.29 is 24.5 Å². The molecule has 0 aliphatic carbocycles. The van der Waals surface area contributed by atoms with Gasteiger partial charge in [-0.25, -0.2) is 4.79 Å². The maximum atomic E-state index is 11.7. The number of carboxylic acid groups (broad SMARTS) is 1. The van der Waals surface area contributed by atoms with E-state index in [-0.39, 0.29) is 6.42 Å².